The van der Waals surface area contributed by atoms with Gasteiger partial charge in [-0.1, -0.05) is 60.7 Å². The Balaban J connectivity index is 1.56. The molecule has 0 aliphatic heterocycles. The number of allylic oxidation sites excluding steroid dienone is 1. The molecule has 3 N–H and O–H groups in total. The van der Waals surface area contributed by atoms with Crippen LogP contribution in [-0.4, -0.2) is 25.8 Å². The third kappa shape index (κ3) is 4.42. The predicted octanol–water partition coefficient (Wildman–Crippen LogP) is 5.88. The van der Waals surface area contributed by atoms with Crippen LogP contribution in [0.3, 0.4) is 0 Å². The van der Waals surface area contributed by atoms with Crippen molar-refractivity contribution >= 4 is 33.8 Å². The number of hydrogen-bond donors (Lipinski definition) is 3. The highest BCUT2D eigenvalue weighted by Gasteiger charge is 2.23. The van der Waals surface area contributed by atoms with Crippen molar-refractivity contribution in [2.75, 3.05) is 5.32 Å². The fourth-order valence-corrected chi connectivity index (χ4v) is 3.76. The summed E-state index contributed by atoms with van der Waals surface area (Å²) in [5.41, 5.74) is 4.45. The third-order valence-electron chi connectivity index (χ3n) is 5.48. The maximum absolute atomic E-state index is 13.5. The summed E-state index contributed by atoms with van der Waals surface area (Å²) in [6.45, 7) is 0.584. The topological polar surface area (TPSA) is 90.9 Å². The number of carbonyl (C=O) groups is 1. The molecule has 0 aliphatic carbocycles. The summed E-state index contributed by atoms with van der Waals surface area (Å²) in [6.07, 6.45) is 3.53. The normalized spacial score (nSPS) is 11.8. The molecule has 0 spiro atoms. The zero-order valence-corrected chi connectivity index (χ0v) is 18.3. The summed E-state index contributed by atoms with van der Waals surface area (Å²) >= 11 is 0. The molecule has 0 unspecified atom stereocenters. The van der Waals surface area contributed by atoms with Gasteiger partial charge in [-0.15, -0.1) is 0 Å². The quantitative estimate of drug-likeness (QED) is 0.165. The van der Waals surface area contributed by atoms with Crippen LogP contribution in [0.1, 0.15) is 27.3 Å². The molecule has 34 heavy (non-hydrogen) atoms. The lowest BCUT2D eigenvalue weighted by Crippen LogP contribution is -2.08. The number of aliphatic hydroxyl groups is 1. The van der Waals surface area contributed by atoms with Crippen molar-refractivity contribution in [3.8, 4) is 0 Å². The highest BCUT2D eigenvalue weighted by Crippen LogP contribution is 2.29. The van der Waals surface area contributed by atoms with Crippen LogP contribution in [-0.2, 0) is 6.54 Å². The van der Waals surface area contributed by atoms with Gasteiger partial charge in [-0.2, -0.15) is 0 Å². The van der Waals surface area contributed by atoms with Crippen LogP contribution < -0.4 is 5.32 Å². The summed E-state index contributed by atoms with van der Waals surface area (Å²) in [6, 6.07) is 27.6. The molecule has 5 rings (SSSR count). The summed E-state index contributed by atoms with van der Waals surface area (Å²) in [5.74, 6) is -0.134. The number of fused-ring (bicyclic) bond motifs is 1. The Bertz CT molecular complexity index is 1440. The van der Waals surface area contributed by atoms with Crippen molar-refractivity contribution in [1.82, 2.24) is 15.0 Å². The number of Topliss-reactive ketones (excluding diaryl/α,β-unsaturated/α-hetero) is 1. The Morgan fingerprint density at radius 1 is 0.882 bits per heavy atom. The average molecular weight is 447 g/mol. The van der Waals surface area contributed by atoms with E-state index in [9.17, 15) is 9.90 Å². The largest absolute Gasteiger partial charge is 0.506 e. The van der Waals surface area contributed by atoms with Crippen molar-refractivity contribution in [2.24, 2.45) is 0 Å². The number of benzene rings is 3. The molecule has 6 heteroatoms. The minimum Gasteiger partial charge on any atom is -0.506 e. The zero-order valence-electron chi connectivity index (χ0n) is 18.3. The summed E-state index contributed by atoms with van der Waals surface area (Å²) in [4.78, 5) is 25.4. The molecule has 2 aromatic heterocycles. The van der Waals surface area contributed by atoms with E-state index in [2.05, 4.69) is 20.3 Å². The number of ketones is 1. The first kappa shape index (κ1) is 21.2. The van der Waals surface area contributed by atoms with E-state index < -0.39 is 0 Å². The van der Waals surface area contributed by atoms with Gasteiger partial charge in [0.1, 0.15) is 17.2 Å². The van der Waals surface area contributed by atoms with Gasteiger partial charge < -0.3 is 15.4 Å². The van der Waals surface area contributed by atoms with Gasteiger partial charge in [0.25, 0.3) is 0 Å². The number of imidazole rings is 1. The number of nitrogens with zero attached hydrogens (tertiary/aromatic N) is 2. The minimum absolute atomic E-state index is 0.117. The van der Waals surface area contributed by atoms with Crippen molar-refractivity contribution in [1.29, 1.82) is 0 Å². The van der Waals surface area contributed by atoms with E-state index in [4.69, 9.17) is 0 Å². The van der Waals surface area contributed by atoms with Gasteiger partial charge in [-0.3, -0.25) is 9.78 Å². The van der Waals surface area contributed by atoms with Crippen LogP contribution in [0.2, 0.25) is 0 Å². The van der Waals surface area contributed by atoms with Crippen molar-refractivity contribution < 1.29 is 9.90 Å². The van der Waals surface area contributed by atoms with E-state index in [1.54, 1.807) is 42.7 Å². The lowest BCUT2D eigenvalue weighted by molar-refractivity contribution is 0.105. The summed E-state index contributed by atoms with van der Waals surface area (Å²) in [5, 5.41) is 14.7. The number of hydrogen-bond acceptors (Lipinski definition) is 5. The molecular weight excluding hydrogens is 424 g/mol. The molecule has 166 valence electrons. The van der Waals surface area contributed by atoms with Gasteiger partial charge in [0, 0.05) is 35.8 Å². The number of H-pyrrole nitrogens is 1. The number of para-hydroxylation sites is 2. The van der Waals surface area contributed by atoms with Crippen LogP contribution in [0.15, 0.2) is 103 Å². The molecule has 0 amide bonds. The number of carbonyl (C=O) groups excluding carboxylic acids is 1. The van der Waals surface area contributed by atoms with Crippen molar-refractivity contribution in [2.45, 2.75) is 6.54 Å². The third-order valence-corrected chi connectivity index (χ3v) is 5.48. The lowest BCUT2D eigenvalue weighted by atomic mass is 9.98. The van der Waals surface area contributed by atoms with Crippen molar-refractivity contribution in [3.63, 3.8) is 0 Å². The van der Waals surface area contributed by atoms with Gasteiger partial charge in [0.2, 0.25) is 5.78 Å². The minimum atomic E-state index is -0.314. The highest BCUT2D eigenvalue weighted by molar-refractivity contribution is 6.33. The van der Waals surface area contributed by atoms with Crippen LogP contribution in [0, 0.1) is 0 Å². The second-order valence-corrected chi connectivity index (χ2v) is 7.82. The monoisotopic (exact) mass is 446 g/mol. The van der Waals surface area contributed by atoms with E-state index in [0.717, 1.165) is 22.3 Å². The highest BCUT2D eigenvalue weighted by atomic mass is 16.3. The van der Waals surface area contributed by atoms with Gasteiger partial charge in [-0.05, 0) is 35.9 Å². The van der Waals surface area contributed by atoms with Crippen LogP contribution >= 0.6 is 0 Å². The first-order valence-corrected chi connectivity index (χ1v) is 10.9. The van der Waals surface area contributed by atoms with Crippen LogP contribution in [0.25, 0.3) is 22.4 Å². The lowest BCUT2D eigenvalue weighted by Gasteiger charge is -2.11. The number of aromatic amines is 1. The van der Waals surface area contributed by atoms with Crippen molar-refractivity contribution in [3.05, 3.63) is 126 Å². The molecule has 6 nitrogen and oxygen atoms in total. The van der Waals surface area contributed by atoms with E-state index in [0.29, 0.717) is 23.5 Å². The summed E-state index contributed by atoms with van der Waals surface area (Å²) < 4.78 is 0. The number of nitrogens with one attached hydrogen (secondary N) is 2. The number of anilines is 1. The van der Waals surface area contributed by atoms with Gasteiger partial charge in [-0.25, -0.2) is 4.98 Å². The average Bonchev–Trinajstić information content (AvgIpc) is 3.32. The first-order chi connectivity index (χ1) is 16.7. The second-order valence-electron chi connectivity index (χ2n) is 7.82. The molecule has 0 saturated carbocycles. The Labute approximate surface area is 196 Å². The van der Waals surface area contributed by atoms with Crippen LogP contribution in [0.5, 0.6) is 0 Å². The van der Waals surface area contributed by atoms with Gasteiger partial charge in [0.05, 0.1) is 11.0 Å². The fraction of sp³-hybridized carbons (Fsp3) is 0.0357. The fourth-order valence-electron chi connectivity index (χ4n) is 3.76. The zero-order chi connectivity index (χ0) is 23.3. The van der Waals surface area contributed by atoms with E-state index >= 15 is 0 Å². The maximum atomic E-state index is 13.5. The number of aromatic nitrogens is 3. The molecular formula is C28H22N4O2. The Kier molecular flexibility index (Phi) is 5.86. The molecule has 0 aliphatic rings. The summed E-state index contributed by atoms with van der Waals surface area (Å²) in [7, 11) is 0. The molecule has 0 fully saturated rings. The van der Waals surface area contributed by atoms with Gasteiger partial charge in [0.15, 0.2) is 0 Å². The Hall–Kier alpha value is -4.71. The second kappa shape index (κ2) is 9.42. The molecule has 0 radical (unpaired) electrons. The van der Waals surface area contributed by atoms with E-state index in [1.165, 1.54) is 0 Å². The first-order valence-electron chi connectivity index (χ1n) is 10.9. The standard InChI is InChI=1S/C28H22N4O2/c33-26(20-9-2-1-3-10-20)25(28-31-23-13-4-5-14-24(23)32-28)27(34)21-11-6-12-22(16-21)30-18-19-8-7-15-29-17-19/h1-17,30,34H,18H2,(H,31,32). The number of rotatable bonds is 7. The molecule has 3 aromatic carbocycles. The molecule has 0 saturated heterocycles. The Morgan fingerprint density at radius 2 is 1.68 bits per heavy atom. The molecule has 0 bridgehead atoms. The molecule has 2 heterocycles. The molecule has 5 aromatic rings. The van der Waals surface area contributed by atoms with E-state index in [1.807, 2.05) is 60.7 Å². The van der Waals surface area contributed by atoms with E-state index in [-0.39, 0.29) is 17.1 Å². The van der Waals surface area contributed by atoms with Crippen LogP contribution in [0.4, 0.5) is 5.69 Å². The smallest absolute Gasteiger partial charge is 0.200 e. The number of pyridine rings is 1. The molecule has 0 atom stereocenters. The Morgan fingerprint density at radius 3 is 2.47 bits per heavy atom. The predicted molar refractivity (Wildman–Crippen MR) is 134 cm³/mol. The maximum Gasteiger partial charge on any atom is 0.200 e. The SMILES string of the molecule is O=C(C(=C(O)c1cccc(NCc2cccnc2)c1)c1nc2ccccc2[nH]1)c1ccccc1. The number of aliphatic hydroxyl groups excluding tert-OH is 1. The van der Waals surface area contributed by atoms with Gasteiger partial charge >= 0.3 is 0 Å².